The fourth-order valence-electron chi connectivity index (χ4n) is 2.56. The van der Waals surface area contributed by atoms with E-state index in [-0.39, 0.29) is 24.4 Å². The van der Waals surface area contributed by atoms with Crippen LogP contribution in [0.4, 0.5) is 0 Å². The van der Waals surface area contributed by atoms with Crippen LogP contribution in [0.1, 0.15) is 30.2 Å². The molecule has 1 amide bonds. The first-order chi connectivity index (χ1) is 11.1. The van der Waals surface area contributed by atoms with Crippen LogP contribution in [0, 0.1) is 6.92 Å². The van der Waals surface area contributed by atoms with Gasteiger partial charge in [-0.15, -0.1) is 0 Å². The van der Waals surface area contributed by atoms with Gasteiger partial charge in [-0.1, -0.05) is 18.5 Å². The monoisotopic (exact) mass is 338 g/mol. The number of halogens is 1. The second kappa shape index (κ2) is 6.67. The van der Waals surface area contributed by atoms with Gasteiger partial charge in [0.25, 0.3) is 0 Å². The summed E-state index contributed by atoms with van der Waals surface area (Å²) in [6.07, 6.45) is 2.32. The van der Waals surface area contributed by atoms with Crippen LogP contribution in [-0.4, -0.2) is 50.1 Å². The molecule has 0 aromatic carbocycles. The number of aromatic amines is 1. The largest absolute Gasteiger partial charge is 0.378 e. The zero-order valence-corrected chi connectivity index (χ0v) is 13.8. The van der Waals surface area contributed by atoms with Gasteiger partial charge in [-0.05, 0) is 6.92 Å². The van der Waals surface area contributed by atoms with Crippen molar-refractivity contribution >= 4 is 17.5 Å². The maximum Gasteiger partial charge on any atom is 0.242 e. The number of hydrogen-bond donors (Lipinski definition) is 2. The third kappa shape index (κ3) is 3.37. The van der Waals surface area contributed by atoms with E-state index in [0.717, 1.165) is 17.9 Å². The number of carbonyl (C=O) groups excluding carboxylic acids is 1. The first-order valence-corrected chi connectivity index (χ1v) is 7.92. The number of ether oxygens (including phenoxy) is 1. The molecule has 1 saturated heterocycles. The Morgan fingerprint density at radius 3 is 3.04 bits per heavy atom. The molecule has 3 heterocycles. The average molecular weight is 339 g/mol. The lowest BCUT2D eigenvalue weighted by molar-refractivity contribution is -0.122. The summed E-state index contributed by atoms with van der Waals surface area (Å²) in [6, 6.07) is -0.144. The zero-order chi connectivity index (χ0) is 16.4. The fourth-order valence-corrected chi connectivity index (χ4v) is 2.70. The van der Waals surface area contributed by atoms with Gasteiger partial charge in [-0.25, -0.2) is 4.98 Å². The molecule has 2 atom stereocenters. The lowest BCUT2D eigenvalue weighted by atomic mass is 10.0. The van der Waals surface area contributed by atoms with Crippen LogP contribution in [0.2, 0.25) is 5.02 Å². The minimum Gasteiger partial charge on any atom is -0.378 e. The Hall–Kier alpha value is -1.93. The number of aryl methyl sites for hydroxylation is 1. The predicted octanol–water partition coefficient (Wildman–Crippen LogP) is 0.824. The first kappa shape index (κ1) is 15.9. The van der Waals surface area contributed by atoms with Crippen LogP contribution in [0.5, 0.6) is 0 Å². The van der Waals surface area contributed by atoms with Gasteiger partial charge in [0, 0.05) is 6.42 Å². The van der Waals surface area contributed by atoms with Crippen LogP contribution in [0.25, 0.3) is 0 Å². The molecule has 23 heavy (non-hydrogen) atoms. The highest BCUT2D eigenvalue weighted by atomic mass is 35.5. The summed E-state index contributed by atoms with van der Waals surface area (Å²) in [5.74, 6) is 1.33. The number of aromatic nitrogens is 5. The summed E-state index contributed by atoms with van der Waals surface area (Å²) >= 11 is 5.95. The summed E-state index contributed by atoms with van der Waals surface area (Å²) in [5, 5.41) is 14.7. The van der Waals surface area contributed by atoms with E-state index >= 15 is 0 Å². The summed E-state index contributed by atoms with van der Waals surface area (Å²) in [7, 11) is 0. The van der Waals surface area contributed by atoms with E-state index in [1.807, 2.05) is 13.8 Å². The summed E-state index contributed by atoms with van der Waals surface area (Å²) in [6.45, 7) is 4.90. The Kier molecular flexibility index (Phi) is 4.63. The lowest BCUT2D eigenvalue weighted by Crippen LogP contribution is -2.41. The molecule has 3 rings (SSSR count). The van der Waals surface area contributed by atoms with Crippen LogP contribution in [0.15, 0.2) is 6.20 Å². The van der Waals surface area contributed by atoms with E-state index in [9.17, 15) is 4.79 Å². The summed E-state index contributed by atoms with van der Waals surface area (Å²) in [4.78, 5) is 16.7. The van der Waals surface area contributed by atoms with Crippen molar-refractivity contribution < 1.29 is 9.53 Å². The summed E-state index contributed by atoms with van der Waals surface area (Å²) in [5.41, 5.74) is 0.766. The Morgan fingerprint density at radius 1 is 1.57 bits per heavy atom. The molecule has 0 saturated carbocycles. The SMILES string of the molecule is CCc1nc([C@@H]2COC[C@@H]2NC(=O)Cn2ncc(Cl)c2C)n[nH]1. The second-order valence-electron chi connectivity index (χ2n) is 5.55. The Labute approximate surface area is 138 Å². The van der Waals surface area contributed by atoms with E-state index in [4.69, 9.17) is 16.3 Å². The normalized spacial score (nSPS) is 20.8. The molecule has 0 spiro atoms. The highest BCUT2D eigenvalue weighted by Crippen LogP contribution is 2.23. The number of nitrogens with one attached hydrogen (secondary N) is 2. The van der Waals surface area contributed by atoms with E-state index in [2.05, 4.69) is 25.6 Å². The Balaban J connectivity index is 1.64. The van der Waals surface area contributed by atoms with Crippen molar-refractivity contribution in [3.63, 3.8) is 0 Å². The third-order valence-corrected chi connectivity index (χ3v) is 4.35. The third-order valence-electron chi connectivity index (χ3n) is 3.98. The van der Waals surface area contributed by atoms with E-state index < -0.39 is 0 Å². The van der Waals surface area contributed by atoms with Crippen molar-refractivity contribution in [1.82, 2.24) is 30.3 Å². The molecule has 0 radical (unpaired) electrons. The van der Waals surface area contributed by atoms with E-state index in [0.29, 0.717) is 24.1 Å². The highest BCUT2D eigenvalue weighted by molar-refractivity contribution is 6.31. The maximum atomic E-state index is 12.2. The molecule has 2 aromatic heterocycles. The molecule has 8 nitrogen and oxygen atoms in total. The number of rotatable bonds is 5. The molecule has 124 valence electrons. The van der Waals surface area contributed by atoms with Gasteiger partial charge in [-0.3, -0.25) is 14.6 Å². The molecule has 2 N–H and O–H groups in total. The number of carbonyl (C=O) groups is 1. The molecule has 0 bridgehead atoms. The fraction of sp³-hybridized carbons (Fsp3) is 0.571. The van der Waals surface area contributed by atoms with E-state index in [1.54, 1.807) is 4.68 Å². The molecule has 1 aliphatic heterocycles. The van der Waals surface area contributed by atoms with Crippen molar-refractivity contribution in [3.8, 4) is 0 Å². The quantitative estimate of drug-likeness (QED) is 0.841. The zero-order valence-electron chi connectivity index (χ0n) is 13.0. The number of nitrogens with zero attached hydrogens (tertiary/aromatic N) is 4. The first-order valence-electron chi connectivity index (χ1n) is 7.54. The van der Waals surface area contributed by atoms with Gasteiger partial charge in [0.05, 0.1) is 42.1 Å². The topological polar surface area (TPSA) is 97.7 Å². The Morgan fingerprint density at radius 2 is 2.39 bits per heavy atom. The standard InChI is InChI=1S/C14H19ClN6O2/c1-3-12-18-14(20-19-12)9-6-23-7-11(9)17-13(22)5-21-8(2)10(15)4-16-21/h4,9,11H,3,5-7H2,1-2H3,(H,17,22)(H,18,19,20)/t9-,11+/m1/s1. The van der Waals surface area contributed by atoms with Crippen LogP contribution >= 0.6 is 11.6 Å². The molecular weight excluding hydrogens is 320 g/mol. The molecule has 2 aromatic rings. The predicted molar refractivity (Wildman–Crippen MR) is 83.2 cm³/mol. The maximum absolute atomic E-state index is 12.2. The molecule has 0 unspecified atom stereocenters. The van der Waals surface area contributed by atoms with Crippen molar-refractivity contribution in [2.24, 2.45) is 0 Å². The molecular formula is C14H19ClN6O2. The van der Waals surface area contributed by atoms with Crippen molar-refractivity contribution in [2.75, 3.05) is 13.2 Å². The Bertz CT molecular complexity index is 697. The summed E-state index contributed by atoms with van der Waals surface area (Å²) < 4.78 is 7.07. The van der Waals surface area contributed by atoms with Gasteiger partial charge in [-0.2, -0.15) is 10.2 Å². The molecule has 1 fully saturated rings. The minimum absolute atomic E-state index is 0.0437. The molecule has 1 aliphatic rings. The van der Waals surface area contributed by atoms with Gasteiger partial charge in [0.1, 0.15) is 12.4 Å². The molecule has 0 aliphatic carbocycles. The van der Waals surface area contributed by atoms with Crippen molar-refractivity contribution in [3.05, 3.63) is 28.6 Å². The van der Waals surface area contributed by atoms with Crippen molar-refractivity contribution in [1.29, 1.82) is 0 Å². The van der Waals surface area contributed by atoms with Crippen LogP contribution < -0.4 is 5.32 Å². The van der Waals surface area contributed by atoms with Crippen LogP contribution in [0.3, 0.4) is 0 Å². The van der Waals surface area contributed by atoms with Crippen molar-refractivity contribution in [2.45, 2.75) is 38.8 Å². The number of H-pyrrole nitrogens is 1. The van der Waals surface area contributed by atoms with Gasteiger partial charge in [0.2, 0.25) is 5.91 Å². The van der Waals surface area contributed by atoms with Gasteiger partial charge in [0.15, 0.2) is 5.82 Å². The smallest absolute Gasteiger partial charge is 0.242 e. The minimum atomic E-state index is -0.144. The van der Waals surface area contributed by atoms with Gasteiger partial charge >= 0.3 is 0 Å². The molecule has 9 heteroatoms. The number of amides is 1. The number of hydrogen-bond acceptors (Lipinski definition) is 5. The van der Waals surface area contributed by atoms with E-state index in [1.165, 1.54) is 6.20 Å². The average Bonchev–Trinajstić information content (AvgIpc) is 3.24. The van der Waals surface area contributed by atoms with Crippen LogP contribution in [-0.2, 0) is 22.5 Å². The lowest BCUT2D eigenvalue weighted by Gasteiger charge is -2.17. The van der Waals surface area contributed by atoms with Gasteiger partial charge < -0.3 is 10.1 Å². The highest BCUT2D eigenvalue weighted by Gasteiger charge is 2.33. The second-order valence-corrected chi connectivity index (χ2v) is 5.95.